The van der Waals surface area contributed by atoms with Crippen LogP contribution in [0.4, 0.5) is 0 Å². The SMILES string of the molecule is Cc1ccc(-c2nc(CCl)cs2)cc1.Cl. The third-order valence-corrected chi connectivity index (χ3v) is 3.20. The molecule has 1 heterocycles. The van der Waals surface area contributed by atoms with Gasteiger partial charge in [-0.1, -0.05) is 29.8 Å². The average Bonchev–Trinajstić information content (AvgIpc) is 2.67. The summed E-state index contributed by atoms with van der Waals surface area (Å²) in [4.78, 5) is 4.42. The molecule has 80 valence electrons. The zero-order valence-corrected chi connectivity index (χ0v) is 10.6. The summed E-state index contributed by atoms with van der Waals surface area (Å²) >= 11 is 7.33. The molecule has 0 radical (unpaired) electrons. The highest BCUT2D eigenvalue weighted by atomic mass is 35.5. The predicted octanol–water partition coefficient (Wildman–Crippen LogP) is 4.28. The van der Waals surface area contributed by atoms with Crippen molar-refractivity contribution in [2.45, 2.75) is 12.8 Å². The van der Waals surface area contributed by atoms with Crippen LogP contribution in [-0.4, -0.2) is 4.98 Å². The summed E-state index contributed by atoms with van der Waals surface area (Å²) in [6.07, 6.45) is 0. The van der Waals surface area contributed by atoms with Crippen LogP contribution in [0, 0.1) is 6.92 Å². The first-order chi connectivity index (χ1) is 6.79. The van der Waals surface area contributed by atoms with Gasteiger partial charge in [-0.05, 0) is 6.92 Å². The second-order valence-electron chi connectivity index (χ2n) is 3.14. The number of rotatable bonds is 2. The van der Waals surface area contributed by atoms with Crippen molar-refractivity contribution in [2.75, 3.05) is 0 Å². The largest absolute Gasteiger partial charge is 0.240 e. The van der Waals surface area contributed by atoms with E-state index in [4.69, 9.17) is 11.6 Å². The number of benzene rings is 1. The van der Waals surface area contributed by atoms with Crippen molar-refractivity contribution in [3.05, 3.63) is 40.9 Å². The Bertz CT molecular complexity index is 422. The smallest absolute Gasteiger partial charge is 0.123 e. The van der Waals surface area contributed by atoms with Gasteiger partial charge in [0.15, 0.2) is 0 Å². The fourth-order valence-corrected chi connectivity index (χ4v) is 2.25. The quantitative estimate of drug-likeness (QED) is 0.734. The van der Waals surface area contributed by atoms with Crippen LogP contribution in [0.1, 0.15) is 11.3 Å². The lowest BCUT2D eigenvalue weighted by Crippen LogP contribution is -1.79. The van der Waals surface area contributed by atoms with Gasteiger partial charge in [-0.15, -0.1) is 35.3 Å². The first-order valence-corrected chi connectivity index (χ1v) is 5.78. The van der Waals surface area contributed by atoms with Crippen LogP contribution in [-0.2, 0) is 5.88 Å². The van der Waals surface area contributed by atoms with E-state index in [1.165, 1.54) is 5.56 Å². The number of hydrogen-bond donors (Lipinski definition) is 0. The van der Waals surface area contributed by atoms with Gasteiger partial charge < -0.3 is 0 Å². The van der Waals surface area contributed by atoms with Gasteiger partial charge in [0, 0.05) is 10.9 Å². The fraction of sp³-hybridized carbons (Fsp3) is 0.182. The molecule has 0 saturated heterocycles. The van der Waals surface area contributed by atoms with Crippen LogP contribution in [0.3, 0.4) is 0 Å². The van der Waals surface area contributed by atoms with Gasteiger partial charge in [-0.3, -0.25) is 0 Å². The first-order valence-electron chi connectivity index (χ1n) is 4.37. The molecule has 0 fully saturated rings. The summed E-state index contributed by atoms with van der Waals surface area (Å²) < 4.78 is 0. The molecule has 0 spiro atoms. The Kier molecular flexibility index (Phi) is 4.58. The van der Waals surface area contributed by atoms with Crippen molar-refractivity contribution in [1.29, 1.82) is 0 Å². The summed E-state index contributed by atoms with van der Waals surface area (Å²) in [7, 11) is 0. The van der Waals surface area contributed by atoms with Gasteiger partial charge in [-0.2, -0.15) is 0 Å². The Balaban J connectivity index is 0.00000112. The van der Waals surface area contributed by atoms with Crippen molar-refractivity contribution in [1.82, 2.24) is 4.98 Å². The number of halogens is 2. The zero-order valence-electron chi connectivity index (χ0n) is 8.24. The number of aryl methyl sites for hydroxylation is 1. The molecule has 0 atom stereocenters. The van der Waals surface area contributed by atoms with Gasteiger partial charge in [0.1, 0.15) is 5.01 Å². The topological polar surface area (TPSA) is 12.9 Å². The molecule has 0 unspecified atom stereocenters. The Morgan fingerprint density at radius 3 is 2.47 bits per heavy atom. The van der Waals surface area contributed by atoms with E-state index in [1.807, 2.05) is 5.38 Å². The second-order valence-corrected chi connectivity index (χ2v) is 4.27. The Hall–Kier alpha value is -0.570. The number of thiazole rings is 1. The molecule has 2 aromatic rings. The van der Waals surface area contributed by atoms with Crippen molar-refractivity contribution in [3.8, 4) is 10.6 Å². The summed E-state index contributed by atoms with van der Waals surface area (Å²) in [5.41, 5.74) is 3.38. The third-order valence-electron chi connectivity index (χ3n) is 1.99. The standard InChI is InChI=1S/C11H10ClNS.ClH/c1-8-2-4-9(5-3-8)11-13-10(6-12)7-14-11;/h2-5,7H,6H2,1H3;1H. The van der Waals surface area contributed by atoms with Gasteiger partial charge in [-0.25, -0.2) is 4.98 Å². The molecule has 0 aliphatic rings. The second kappa shape index (κ2) is 5.50. The monoisotopic (exact) mass is 259 g/mol. The highest BCUT2D eigenvalue weighted by molar-refractivity contribution is 7.13. The minimum atomic E-state index is 0. The molecule has 0 N–H and O–H groups in total. The molecule has 0 aliphatic heterocycles. The molecule has 1 aromatic heterocycles. The maximum atomic E-state index is 5.70. The van der Waals surface area contributed by atoms with Crippen molar-refractivity contribution in [2.24, 2.45) is 0 Å². The van der Waals surface area contributed by atoms with Gasteiger partial charge in [0.25, 0.3) is 0 Å². The summed E-state index contributed by atoms with van der Waals surface area (Å²) in [5.74, 6) is 0.488. The summed E-state index contributed by atoms with van der Waals surface area (Å²) in [5, 5.41) is 3.04. The molecule has 1 aromatic carbocycles. The van der Waals surface area contributed by atoms with E-state index in [9.17, 15) is 0 Å². The maximum absolute atomic E-state index is 5.70. The fourth-order valence-electron chi connectivity index (χ4n) is 1.20. The lowest BCUT2D eigenvalue weighted by molar-refractivity contribution is 1.23. The molecule has 0 bridgehead atoms. The molecule has 0 aliphatic carbocycles. The maximum Gasteiger partial charge on any atom is 0.123 e. The van der Waals surface area contributed by atoms with E-state index in [1.54, 1.807) is 11.3 Å². The number of aromatic nitrogens is 1. The number of alkyl halides is 1. The molecular formula is C11H11Cl2NS. The van der Waals surface area contributed by atoms with Gasteiger partial charge in [0.2, 0.25) is 0 Å². The van der Waals surface area contributed by atoms with Crippen LogP contribution in [0.15, 0.2) is 29.6 Å². The highest BCUT2D eigenvalue weighted by Crippen LogP contribution is 2.24. The zero-order chi connectivity index (χ0) is 9.97. The van der Waals surface area contributed by atoms with Crippen LogP contribution < -0.4 is 0 Å². The molecule has 0 amide bonds. The van der Waals surface area contributed by atoms with Crippen LogP contribution in [0.2, 0.25) is 0 Å². The minimum Gasteiger partial charge on any atom is -0.240 e. The third kappa shape index (κ3) is 2.94. The Morgan fingerprint density at radius 2 is 1.93 bits per heavy atom. The van der Waals surface area contributed by atoms with Crippen LogP contribution in [0.25, 0.3) is 10.6 Å². The van der Waals surface area contributed by atoms with Crippen LogP contribution in [0.5, 0.6) is 0 Å². The summed E-state index contributed by atoms with van der Waals surface area (Å²) in [6.45, 7) is 2.08. The lowest BCUT2D eigenvalue weighted by atomic mass is 10.2. The minimum absolute atomic E-state index is 0. The van der Waals surface area contributed by atoms with E-state index in [0.717, 1.165) is 16.3 Å². The van der Waals surface area contributed by atoms with Crippen LogP contribution >= 0.6 is 35.3 Å². The molecule has 0 saturated carbocycles. The normalized spacial score (nSPS) is 9.73. The van der Waals surface area contributed by atoms with Crippen molar-refractivity contribution < 1.29 is 0 Å². The number of nitrogens with zero attached hydrogens (tertiary/aromatic N) is 1. The molecule has 1 nitrogen and oxygen atoms in total. The van der Waals surface area contributed by atoms with Gasteiger partial charge in [0.05, 0.1) is 11.6 Å². The van der Waals surface area contributed by atoms with E-state index >= 15 is 0 Å². The first kappa shape index (κ1) is 12.5. The van der Waals surface area contributed by atoms with E-state index in [-0.39, 0.29) is 12.4 Å². The molecule has 2 rings (SSSR count). The lowest BCUT2D eigenvalue weighted by Gasteiger charge is -1.96. The predicted molar refractivity (Wildman–Crippen MR) is 69.1 cm³/mol. The van der Waals surface area contributed by atoms with E-state index in [0.29, 0.717) is 5.88 Å². The highest BCUT2D eigenvalue weighted by Gasteiger charge is 2.02. The Morgan fingerprint density at radius 1 is 1.27 bits per heavy atom. The van der Waals surface area contributed by atoms with Gasteiger partial charge >= 0.3 is 0 Å². The van der Waals surface area contributed by atoms with Crippen molar-refractivity contribution in [3.63, 3.8) is 0 Å². The molecule has 4 heteroatoms. The molecular weight excluding hydrogens is 249 g/mol. The van der Waals surface area contributed by atoms with E-state index in [2.05, 4.69) is 36.2 Å². The summed E-state index contributed by atoms with van der Waals surface area (Å²) in [6, 6.07) is 8.37. The Labute approximate surface area is 105 Å². The molecule has 15 heavy (non-hydrogen) atoms. The van der Waals surface area contributed by atoms with E-state index < -0.39 is 0 Å². The number of hydrogen-bond acceptors (Lipinski definition) is 2. The average molecular weight is 260 g/mol. The van der Waals surface area contributed by atoms with Crippen molar-refractivity contribution >= 4 is 35.3 Å².